The van der Waals surface area contributed by atoms with Crippen LogP contribution in [0.25, 0.3) is 10.9 Å². The fourth-order valence-electron chi connectivity index (χ4n) is 4.64. The average molecular weight is 336 g/mol. The van der Waals surface area contributed by atoms with Crippen LogP contribution in [-0.2, 0) is 16.0 Å². The second kappa shape index (κ2) is 5.15. The van der Waals surface area contributed by atoms with E-state index in [-0.39, 0.29) is 23.8 Å². The third kappa shape index (κ3) is 1.92. The quantitative estimate of drug-likeness (QED) is 0.725. The molecule has 5 nitrogen and oxygen atoms in total. The number of carbonyl (C=O) groups is 1. The van der Waals surface area contributed by atoms with E-state index in [9.17, 15) is 9.90 Å². The van der Waals surface area contributed by atoms with Crippen molar-refractivity contribution >= 4 is 16.8 Å². The van der Waals surface area contributed by atoms with Crippen LogP contribution in [0.3, 0.4) is 0 Å². The van der Waals surface area contributed by atoms with Crippen molar-refractivity contribution in [3.63, 3.8) is 0 Å². The molecule has 0 aliphatic carbocycles. The summed E-state index contributed by atoms with van der Waals surface area (Å²) in [6, 6.07) is 8.35. The minimum atomic E-state index is -0.193. The van der Waals surface area contributed by atoms with Gasteiger partial charge in [0.1, 0.15) is 12.2 Å². The van der Waals surface area contributed by atoms with E-state index in [0.717, 1.165) is 29.6 Å². The maximum Gasteiger partial charge on any atom is 0.286 e. The van der Waals surface area contributed by atoms with E-state index >= 15 is 0 Å². The Balaban J connectivity index is 1.65. The van der Waals surface area contributed by atoms with Gasteiger partial charge in [-0.25, -0.2) is 0 Å². The molecule has 1 fully saturated rings. The number of aromatic nitrogens is 1. The number of hydrogen-bond donors (Lipinski definition) is 2. The summed E-state index contributed by atoms with van der Waals surface area (Å²) in [6.07, 6.45) is 3.63. The molecule has 1 aromatic heterocycles. The van der Waals surface area contributed by atoms with Crippen LogP contribution in [0, 0.1) is 5.92 Å². The number of hydrogen-bond acceptors (Lipinski definition) is 3. The highest BCUT2D eigenvalue weighted by Gasteiger charge is 2.46. The zero-order chi connectivity index (χ0) is 17.1. The smallest absolute Gasteiger partial charge is 0.286 e. The number of aliphatic hydroxyl groups excluding tert-OH is 1. The molecule has 4 heterocycles. The molecule has 128 valence electrons. The van der Waals surface area contributed by atoms with E-state index in [1.165, 1.54) is 10.9 Å². The first-order valence-electron chi connectivity index (χ1n) is 8.80. The molecule has 5 heteroatoms. The minimum absolute atomic E-state index is 0.0262. The van der Waals surface area contributed by atoms with Crippen molar-refractivity contribution in [2.24, 2.45) is 5.92 Å². The summed E-state index contributed by atoms with van der Waals surface area (Å²) in [5.41, 5.74) is 5.11. The van der Waals surface area contributed by atoms with Crippen LogP contribution in [-0.4, -0.2) is 34.0 Å². The van der Waals surface area contributed by atoms with E-state index in [2.05, 4.69) is 23.2 Å². The summed E-state index contributed by atoms with van der Waals surface area (Å²) >= 11 is 0. The number of ether oxygens (including phenoxy) is 1. The van der Waals surface area contributed by atoms with Gasteiger partial charge in [0.05, 0.1) is 6.04 Å². The van der Waals surface area contributed by atoms with Crippen molar-refractivity contribution in [2.45, 2.75) is 25.8 Å². The lowest BCUT2D eigenvalue weighted by molar-refractivity contribution is -0.134. The normalized spacial score (nSPS) is 27.2. The van der Waals surface area contributed by atoms with E-state index in [1.54, 1.807) is 0 Å². The molecule has 2 unspecified atom stereocenters. The highest BCUT2D eigenvalue weighted by molar-refractivity contribution is 5.97. The lowest BCUT2D eigenvalue weighted by atomic mass is 9.77. The van der Waals surface area contributed by atoms with Crippen molar-refractivity contribution in [2.75, 3.05) is 13.2 Å². The Morgan fingerprint density at radius 2 is 2.20 bits per heavy atom. The molecule has 0 saturated carbocycles. The molecule has 0 spiro atoms. The van der Waals surface area contributed by atoms with Gasteiger partial charge in [-0.05, 0) is 37.0 Å². The van der Waals surface area contributed by atoms with Crippen LogP contribution in [0.2, 0.25) is 0 Å². The van der Waals surface area contributed by atoms with Crippen molar-refractivity contribution in [1.82, 2.24) is 9.88 Å². The Bertz CT molecular complexity index is 953. The van der Waals surface area contributed by atoms with Gasteiger partial charge in [0, 0.05) is 29.1 Å². The molecular formula is C20H20N2O3. The summed E-state index contributed by atoms with van der Waals surface area (Å²) in [6.45, 7) is 2.99. The zero-order valence-corrected chi connectivity index (χ0v) is 14.1. The maximum absolute atomic E-state index is 13.1. The Morgan fingerprint density at radius 3 is 3.04 bits per heavy atom. The number of para-hydroxylation sites is 1. The van der Waals surface area contributed by atoms with Gasteiger partial charge >= 0.3 is 0 Å². The molecule has 3 aliphatic rings. The number of amides is 1. The van der Waals surface area contributed by atoms with Crippen molar-refractivity contribution in [3.8, 4) is 0 Å². The van der Waals surface area contributed by atoms with Crippen molar-refractivity contribution in [3.05, 3.63) is 58.7 Å². The molecule has 5 rings (SSSR count). The lowest BCUT2D eigenvalue weighted by Crippen LogP contribution is -2.48. The highest BCUT2D eigenvalue weighted by Crippen LogP contribution is 2.47. The summed E-state index contributed by atoms with van der Waals surface area (Å²) in [5.74, 6) is -0.353. The maximum atomic E-state index is 13.1. The first kappa shape index (κ1) is 14.6. The number of aliphatic hydroxyl groups is 1. The van der Waals surface area contributed by atoms with Gasteiger partial charge in [-0.15, -0.1) is 0 Å². The number of fused-ring (bicyclic) bond motifs is 6. The molecule has 0 radical (unpaired) electrons. The topological polar surface area (TPSA) is 65.6 Å². The third-order valence-electron chi connectivity index (χ3n) is 5.88. The van der Waals surface area contributed by atoms with Crippen LogP contribution in [0.15, 0.2) is 47.4 Å². The summed E-state index contributed by atoms with van der Waals surface area (Å²) in [7, 11) is 0. The predicted molar refractivity (Wildman–Crippen MR) is 93.9 cm³/mol. The van der Waals surface area contributed by atoms with E-state index in [4.69, 9.17) is 4.74 Å². The van der Waals surface area contributed by atoms with E-state index in [0.29, 0.717) is 18.7 Å². The summed E-state index contributed by atoms with van der Waals surface area (Å²) in [5, 5.41) is 11.4. The van der Waals surface area contributed by atoms with Crippen LogP contribution in [0.5, 0.6) is 0 Å². The molecule has 25 heavy (non-hydrogen) atoms. The Morgan fingerprint density at radius 1 is 1.36 bits per heavy atom. The Hall–Kier alpha value is -2.69. The van der Waals surface area contributed by atoms with Gasteiger partial charge in [0.25, 0.3) is 11.9 Å². The number of allylic oxidation sites excluding steroid dienone is 1. The predicted octanol–water partition coefficient (Wildman–Crippen LogP) is 3.36. The van der Waals surface area contributed by atoms with Crippen molar-refractivity contribution < 1.29 is 14.6 Å². The SMILES string of the molecule is CC=C1COC(O)=C2C(=O)N3CCc4c([nH]c5ccccc45)C3CC12. The molecular weight excluding hydrogens is 316 g/mol. The third-order valence-corrected chi connectivity index (χ3v) is 5.88. The highest BCUT2D eigenvalue weighted by atomic mass is 16.6. The number of carbonyl (C=O) groups excluding carboxylic acids is 1. The molecule has 0 bridgehead atoms. The number of nitrogens with zero attached hydrogens (tertiary/aromatic N) is 1. The fourth-order valence-corrected chi connectivity index (χ4v) is 4.64. The summed E-state index contributed by atoms with van der Waals surface area (Å²) in [4.78, 5) is 18.5. The molecule has 2 aromatic rings. The fraction of sp³-hybridized carbons (Fsp3) is 0.350. The minimum Gasteiger partial charge on any atom is -0.481 e. The van der Waals surface area contributed by atoms with Gasteiger partial charge in [-0.3, -0.25) is 4.79 Å². The zero-order valence-electron chi connectivity index (χ0n) is 14.1. The lowest BCUT2D eigenvalue weighted by Gasteiger charge is -2.44. The van der Waals surface area contributed by atoms with Gasteiger partial charge < -0.3 is 19.7 Å². The summed E-state index contributed by atoms with van der Waals surface area (Å²) < 4.78 is 5.33. The van der Waals surface area contributed by atoms with E-state index in [1.807, 2.05) is 24.0 Å². The van der Waals surface area contributed by atoms with Crippen LogP contribution >= 0.6 is 0 Å². The van der Waals surface area contributed by atoms with E-state index < -0.39 is 0 Å². The monoisotopic (exact) mass is 336 g/mol. The average Bonchev–Trinajstić information content (AvgIpc) is 3.01. The van der Waals surface area contributed by atoms with Gasteiger partial charge in [0.2, 0.25) is 0 Å². The van der Waals surface area contributed by atoms with Gasteiger partial charge in [-0.2, -0.15) is 0 Å². The first-order valence-corrected chi connectivity index (χ1v) is 8.80. The van der Waals surface area contributed by atoms with Crippen molar-refractivity contribution in [1.29, 1.82) is 0 Å². The second-order valence-corrected chi connectivity index (χ2v) is 6.99. The van der Waals surface area contributed by atoms with Crippen LogP contribution in [0.1, 0.15) is 30.6 Å². The molecule has 1 aromatic carbocycles. The molecule has 3 aliphatic heterocycles. The number of nitrogens with one attached hydrogen (secondary N) is 1. The number of piperidine rings is 1. The largest absolute Gasteiger partial charge is 0.481 e. The van der Waals surface area contributed by atoms with Crippen LogP contribution < -0.4 is 0 Å². The van der Waals surface area contributed by atoms with Gasteiger partial charge in [0.15, 0.2) is 0 Å². The number of benzene rings is 1. The van der Waals surface area contributed by atoms with Crippen LogP contribution in [0.4, 0.5) is 0 Å². The standard InChI is InChI=1S/C20H20N2O3/c1-2-11-10-25-20(24)17-14(11)9-16-18-13(7-8-22(16)19(17)23)12-5-3-4-6-15(12)21-18/h2-6,14,16,21,24H,7-10H2,1H3. The Labute approximate surface area is 145 Å². The number of H-pyrrole nitrogens is 1. The number of rotatable bonds is 0. The second-order valence-electron chi connectivity index (χ2n) is 6.99. The Kier molecular flexibility index (Phi) is 3.02. The molecule has 1 amide bonds. The molecule has 2 N–H and O–H groups in total. The first-order chi connectivity index (χ1) is 12.2. The molecule has 2 atom stereocenters. The molecule has 1 saturated heterocycles. The number of aromatic amines is 1. The van der Waals surface area contributed by atoms with Gasteiger partial charge in [-0.1, -0.05) is 24.3 Å².